The van der Waals surface area contributed by atoms with Crippen LogP contribution in [0.25, 0.3) is 10.8 Å². The highest BCUT2D eigenvalue weighted by atomic mass is 32.2. The Balaban J connectivity index is 1.48. The standard InChI is InChI=1S/C29H28N2O3S2/c1-3-16-30(36(33,34)24-13-12-22-9-5-6-10-23(22)19-24)20-28(32)31-17-14-27-26(15-18-35-27)29(31)25-11-7-4-8-21(25)2/h3-13,15,18-19,29H,1,14,16-17,20H2,2H3. The van der Waals surface area contributed by atoms with Crippen LogP contribution in [0, 0.1) is 6.92 Å². The quantitative estimate of drug-likeness (QED) is 0.302. The topological polar surface area (TPSA) is 57.7 Å². The first-order valence-corrected chi connectivity index (χ1v) is 14.2. The number of thiophene rings is 1. The number of aryl methyl sites for hydroxylation is 1. The molecule has 5 nitrogen and oxygen atoms in total. The lowest BCUT2D eigenvalue weighted by Crippen LogP contribution is -2.46. The monoisotopic (exact) mass is 516 g/mol. The van der Waals surface area contributed by atoms with Crippen LogP contribution in [0.3, 0.4) is 0 Å². The Labute approximate surface area is 216 Å². The van der Waals surface area contributed by atoms with Crippen LogP contribution < -0.4 is 0 Å². The van der Waals surface area contributed by atoms with Crippen LogP contribution in [0.1, 0.15) is 27.6 Å². The summed E-state index contributed by atoms with van der Waals surface area (Å²) in [4.78, 5) is 17.1. The third-order valence-electron chi connectivity index (χ3n) is 6.77. The Kier molecular flexibility index (Phi) is 6.79. The van der Waals surface area contributed by atoms with Gasteiger partial charge in [-0.05, 0) is 64.4 Å². The van der Waals surface area contributed by atoms with E-state index in [1.54, 1.807) is 29.5 Å². The van der Waals surface area contributed by atoms with Gasteiger partial charge in [0.05, 0.1) is 17.5 Å². The molecule has 1 aromatic heterocycles. The highest BCUT2D eigenvalue weighted by Gasteiger charge is 2.36. The summed E-state index contributed by atoms with van der Waals surface area (Å²) >= 11 is 1.71. The second-order valence-corrected chi connectivity index (χ2v) is 11.9. The average molecular weight is 517 g/mol. The van der Waals surface area contributed by atoms with Crippen LogP contribution in [0.2, 0.25) is 0 Å². The Bertz CT molecular complexity index is 1540. The first-order chi connectivity index (χ1) is 17.4. The van der Waals surface area contributed by atoms with Crippen molar-refractivity contribution in [1.82, 2.24) is 9.21 Å². The smallest absolute Gasteiger partial charge is 0.243 e. The van der Waals surface area contributed by atoms with E-state index < -0.39 is 10.0 Å². The van der Waals surface area contributed by atoms with E-state index in [4.69, 9.17) is 0 Å². The van der Waals surface area contributed by atoms with Crippen LogP contribution in [-0.2, 0) is 21.2 Å². The number of hydrogen-bond acceptors (Lipinski definition) is 4. The molecule has 0 spiro atoms. The fourth-order valence-corrected chi connectivity index (χ4v) is 7.22. The molecule has 36 heavy (non-hydrogen) atoms. The van der Waals surface area contributed by atoms with Gasteiger partial charge in [-0.15, -0.1) is 17.9 Å². The molecule has 7 heteroatoms. The zero-order valence-electron chi connectivity index (χ0n) is 20.1. The van der Waals surface area contributed by atoms with Crippen LogP contribution >= 0.6 is 11.3 Å². The van der Waals surface area contributed by atoms with Gasteiger partial charge in [-0.25, -0.2) is 8.42 Å². The molecule has 1 atom stereocenters. The molecule has 5 rings (SSSR count). The molecule has 0 bridgehead atoms. The third kappa shape index (κ3) is 4.50. The van der Waals surface area contributed by atoms with Crippen molar-refractivity contribution in [3.05, 3.63) is 112 Å². The zero-order valence-corrected chi connectivity index (χ0v) is 21.8. The fourth-order valence-electron chi connectivity index (χ4n) is 4.92. The van der Waals surface area contributed by atoms with E-state index in [0.29, 0.717) is 6.54 Å². The van der Waals surface area contributed by atoms with Crippen LogP contribution in [0.5, 0.6) is 0 Å². The first kappa shape index (κ1) is 24.4. The Hall–Kier alpha value is -3.26. The largest absolute Gasteiger partial charge is 0.330 e. The maximum Gasteiger partial charge on any atom is 0.243 e. The molecule has 4 aromatic rings. The Morgan fingerprint density at radius 1 is 1.06 bits per heavy atom. The van der Waals surface area contributed by atoms with Crippen molar-refractivity contribution in [2.24, 2.45) is 0 Å². The molecule has 3 aromatic carbocycles. The number of benzene rings is 3. The molecular formula is C29H28N2O3S2. The predicted molar refractivity (Wildman–Crippen MR) is 146 cm³/mol. The third-order valence-corrected chi connectivity index (χ3v) is 9.58. The number of sulfonamides is 1. The lowest BCUT2D eigenvalue weighted by Gasteiger charge is -2.38. The lowest BCUT2D eigenvalue weighted by molar-refractivity contribution is -0.133. The SMILES string of the molecule is C=CCN(CC(=O)N1CCc2sccc2C1c1ccccc1C)S(=O)(=O)c1ccc2ccccc2c1. The number of carbonyl (C=O) groups is 1. The summed E-state index contributed by atoms with van der Waals surface area (Å²) in [6.07, 6.45) is 2.29. The zero-order chi connectivity index (χ0) is 25.3. The molecule has 0 saturated heterocycles. The predicted octanol–water partition coefficient (Wildman–Crippen LogP) is 5.56. The second kappa shape index (κ2) is 10.0. The van der Waals surface area contributed by atoms with Crippen molar-refractivity contribution in [3.8, 4) is 0 Å². The van der Waals surface area contributed by atoms with Crippen LogP contribution in [-0.4, -0.2) is 43.2 Å². The van der Waals surface area contributed by atoms with Gasteiger partial charge in [-0.3, -0.25) is 4.79 Å². The number of fused-ring (bicyclic) bond motifs is 2. The van der Waals surface area contributed by atoms with Gasteiger partial charge < -0.3 is 4.90 Å². The summed E-state index contributed by atoms with van der Waals surface area (Å²) < 4.78 is 28.5. The van der Waals surface area contributed by atoms with Crippen LogP contribution in [0.15, 0.2) is 95.7 Å². The van der Waals surface area contributed by atoms with E-state index >= 15 is 0 Å². The highest BCUT2D eigenvalue weighted by Crippen LogP contribution is 2.39. The summed E-state index contributed by atoms with van der Waals surface area (Å²) in [6.45, 7) is 6.14. The van der Waals surface area contributed by atoms with Crippen molar-refractivity contribution in [1.29, 1.82) is 0 Å². The summed E-state index contributed by atoms with van der Waals surface area (Å²) in [5, 5.41) is 3.87. The number of amides is 1. The molecule has 0 fully saturated rings. The number of hydrogen-bond donors (Lipinski definition) is 0. The minimum absolute atomic E-state index is 0.0491. The Morgan fingerprint density at radius 3 is 2.58 bits per heavy atom. The molecule has 1 amide bonds. The average Bonchev–Trinajstić information content (AvgIpc) is 3.37. The number of rotatable bonds is 7. The number of nitrogens with zero attached hydrogens (tertiary/aromatic N) is 2. The molecule has 0 aliphatic carbocycles. The summed E-state index contributed by atoms with van der Waals surface area (Å²) in [5.41, 5.74) is 3.30. The second-order valence-electron chi connectivity index (χ2n) is 8.99. The van der Waals surface area contributed by atoms with Crippen LogP contribution in [0.4, 0.5) is 0 Å². The summed E-state index contributed by atoms with van der Waals surface area (Å²) in [7, 11) is -3.91. The summed E-state index contributed by atoms with van der Waals surface area (Å²) in [6, 6.07) is 22.6. The van der Waals surface area contributed by atoms with Crippen molar-refractivity contribution >= 4 is 38.0 Å². The maximum atomic E-state index is 13.8. The molecule has 184 valence electrons. The highest BCUT2D eigenvalue weighted by molar-refractivity contribution is 7.89. The Morgan fingerprint density at radius 2 is 1.81 bits per heavy atom. The summed E-state index contributed by atoms with van der Waals surface area (Å²) in [5.74, 6) is -0.216. The van der Waals surface area contributed by atoms with E-state index in [1.807, 2.05) is 54.3 Å². The van der Waals surface area contributed by atoms with E-state index in [9.17, 15) is 13.2 Å². The molecule has 1 unspecified atom stereocenters. The minimum Gasteiger partial charge on any atom is -0.330 e. The molecular weight excluding hydrogens is 488 g/mol. The first-order valence-electron chi connectivity index (χ1n) is 11.9. The van der Waals surface area contributed by atoms with E-state index in [-0.39, 0.29) is 29.9 Å². The number of carbonyl (C=O) groups excluding carboxylic acids is 1. The van der Waals surface area contributed by atoms with Gasteiger partial charge in [0.25, 0.3) is 0 Å². The van der Waals surface area contributed by atoms with Gasteiger partial charge in [0, 0.05) is 18.0 Å². The molecule has 0 N–H and O–H groups in total. The van der Waals surface area contributed by atoms with Gasteiger partial charge in [-0.2, -0.15) is 4.31 Å². The van der Waals surface area contributed by atoms with Gasteiger partial charge >= 0.3 is 0 Å². The fraction of sp³-hybridized carbons (Fsp3) is 0.207. The van der Waals surface area contributed by atoms with Gasteiger partial charge in [0.2, 0.25) is 15.9 Å². The van der Waals surface area contributed by atoms with E-state index in [1.165, 1.54) is 15.3 Å². The molecule has 0 saturated carbocycles. The molecule has 2 heterocycles. The minimum atomic E-state index is -3.91. The van der Waals surface area contributed by atoms with Crippen molar-refractivity contribution in [3.63, 3.8) is 0 Å². The molecule has 1 aliphatic heterocycles. The van der Waals surface area contributed by atoms with Crippen molar-refractivity contribution in [2.45, 2.75) is 24.3 Å². The van der Waals surface area contributed by atoms with Crippen molar-refractivity contribution in [2.75, 3.05) is 19.6 Å². The molecule has 1 aliphatic rings. The van der Waals surface area contributed by atoms with Gasteiger partial charge in [-0.1, -0.05) is 60.7 Å². The lowest BCUT2D eigenvalue weighted by atomic mass is 9.90. The normalized spacial score (nSPS) is 15.7. The van der Waals surface area contributed by atoms with Gasteiger partial charge in [0.1, 0.15) is 0 Å². The van der Waals surface area contributed by atoms with Gasteiger partial charge in [0.15, 0.2) is 0 Å². The van der Waals surface area contributed by atoms with Crippen molar-refractivity contribution < 1.29 is 13.2 Å². The maximum absolute atomic E-state index is 13.8. The molecule has 0 radical (unpaired) electrons. The van der Waals surface area contributed by atoms with E-state index in [0.717, 1.165) is 33.9 Å². The van der Waals surface area contributed by atoms with E-state index in [2.05, 4.69) is 24.1 Å².